The Kier molecular flexibility index (Phi) is 15.1. The topological polar surface area (TPSA) is 123 Å². The number of allylic oxidation sites excluding steroid dienone is 4. The molecule has 0 amide bonds. The second-order valence-corrected chi connectivity index (χ2v) is 11.5. The van der Waals surface area contributed by atoms with Crippen LogP contribution < -0.4 is 15.3 Å². The first-order valence-corrected chi connectivity index (χ1v) is 15.9. The van der Waals surface area contributed by atoms with E-state index in [0.29, 0.717) is 38.5 Å². The third kappa shape index (κ3) is 11.1. The molecule has 0 saturated carbocycles. The summed E-state index contributed by atoms with van der Waals surface area (Å²) in [7, 11) is -1.67. The van der Waals surface area contributed by atoms with Crippen molar-refractivity contribution in [1.29, 1.82) is 0 Å². The molecule has 0 aliphatic heterocycles. The lowest BCUT2D eigenvalue weighted by Gasteiger charge is -2.11. The maximum Gasteiger partial charge on any atom is 0.240 e. The van der Waals surface area contributed by atoms with Crippen LogP contribution in [0.4, 0.5) is 0 Å². The van der Waals surface area contributed by atoms with Crippen LogP contribution in [-0.2, 0) is 10.0 Å². The van der Waals surface area contributed by atoms with Crippen LogP contribution in [0.5, 0.6) is 11.5 Å². The van der Waals surface area contributed by atoms with E-state index in [2.05, 4.69) is 36.0 Å². The molecule has 8 nitrogen and oxygen atoms in total. The van der Waals surface area contributed by atoms with Gasteiger partial charge in [-0.25, -0.2) is 13.1 Å². The summed E-state index contributed by atoms with van der Waals surface area (Å²) < 4.78 is 28.5. The van der Waals surface area contributed by atoms with Crippen LogP contribution in [0.1, 0.15) is 39.7 Å². The summed E-state index contributed by atoms with van der Waals surface area (Å²) in [5, 5.41) is 24.2. The maximum atomic E-state index is 12.6. The van der Waals surface area contributed by atoms with Crippen molar-refractivity contribution in [2.24, 2.45) is 9.98 Å². The Morgan fingerprint density at radius 1 is 1.11 bits per heavy atom. The van der Waals surface area contributed by atoms with E-state index >= 15 is 0 Å². The van der Waals surface area contributed by atoms with Gasteiger partial charge in [-0.3, -0.25) is 9.98 Å². The lowest BCUT2D eigenvalue weighted by atomic mass is 10.1. The summed E-state index contributed by atoms with van der Waals surface area (Å²) >= 11 is 3.45. The summed E-state index contributed by atoms with van der Waals surface area (Å²) in [6, 6.07) is 11.3. The number of phenols is 2. The molecule has 0 aromatic heterocycles. The highest BCUT2D eigenvalue weighted by molar-refractivity contribution is 9.12. The van der Waals surface area contributed by atoms with E-state index in [1.165, 1.54) is 6.07 Å². The normalized spacial score (nSPS) is 13.4. The largest absolute Gasteiger partial charge is 0.508 e. The van der Waals surface area contributed by atoms with Gasteiger partial charge in [-0.15, -0.1) is 0 Å². The van der Waals surface area contributed by atoms with Gasteiger partial charge in [0.2, 0.25) is 10.0 Å². The fourth-order valence-electron chi connectivity index (χ4n) is 3.10. The number of aromatic hydroxyl groups is 2. The van der Waals surface area contributed by atoms with Crippen molar-refractivity contribution >= 4 is 51.8 Å². The van der Waals surface area contributed by atoms with E-state index in [1.54, 1.807) is 43.6 Å². The highest BCUT2D eigenvalue weighted by Crippen LogP contribution is 2.21. The van der Waals surface area contributed by atoms with Gasteiger partial charge >= 0.3 is 0 Å². The minimum absolute atomic E-state index is 0.0575. The van der Waals surface area contributed by atoms with Gasteiger partial charge in [0, 0.05) is 37.6 Å². The zero-order valence-electron chi connectivity index (χ0n) is 22.7. The molecule has 0 aliphatic carbocycles. The molecule has 4 N–H and O–H groups in total. The molecule has 0 aliphatic rings. The van der Waals surface area contributed by atoms with Crippen LogP contribution in [-0.4, -0.2) is 57.4 Å². The SMILES string of the molecule is CC.CN=C/C(Br)=C(C)/N=C(\C=C(/C)NCCCNS(=O)(=O)c1cc(O)cc(PC)c1)c1ccccc1O. The van der Waals surface area contributed by atoms with Gasteiger partial charge in [0.25, 0.3) is 0 Å². The molecule has 0 bridgehead atoms. The quantitative estimate of drug-likeness (QED) is 0.150. The molecular weight excluding hydrogens is 587 g/mol. The smallest absolute Gasteiger partial charge is 0.240 e. The molecular formula is C27H38BrN4O4PS. The van der Waals surface area contributed by atoms with Gasteiger partial charge in [0.1, 0.15) is 11.5 Å². The van der Waals surface area contributed by atoms with E-state index in [0.717, 1.165) is 15.5 Å². The van der Waals surface area contributed by atoms with Crippen LogP contribution in [0.15, 0.2) is 79.3 Å². The zero-order valence-corrected chi connectivity index (χ0v) is 26.1. The van der Waals surface area contributed by atoms with Crippen LogP contribution in [0.2, 0.25) is 0 Å². The summed E-state index contributed by atoms with van der Waals surface area (Å²) in [6.07, 6.45) is 4.01. The Hall–Kier alpha value is -2.52. The third-order valence-corrected chi connectivity index (χ3v) is 8.03. The predicted octanol–water partition coefficient (Wildman–Crippen LogP) is 5.04. The summed E-state index contributed by atoms with van der Waals surface area (Å²) in [6.45, 7) is 10.4. The Labute approximate surface area is 237 Å². The number of hydrogen-bond donors (Lipinski definition) is 4. The summed E-state index contributed by atoms with van der Waals surface area (Å²) in [5.74, 6) is 0.0483. The fourth-order valence-corrected chi connectivity index (χ4v) is 5.23. The van der Waals surface area contributed by atoms with Crippen molar-refractivity contribution in [2.75, 3.05) is 26.8 Å². The van der Waals surface area contributed by atoms with Gasteiger partial charge in [0.05, 0.1) is 20.8 Å². The Morgan fingerprint density at radius 2 is 1.79 bits per heavy atom. The first-order valence-electron chi connectivity index (χ1n) is 12.2. The lowest BCUT2D eigenvalue weighted by Crippen LogP contribution is -2.27. The standard InChI is InChI=1S/C25H32BrN4O4PS.C2H6/c1-17(12-24(22-8-5-6-9-25(22)32)30-18(2)23(26)16-27-3)28-10-7-11-29-36(33,34)21-14-19(31)13-20(15-21)35-4;1-2/h5-6,8-9,12-16,28-29,31-32,35H,7,10-11H2,1-4H3;1-2H3/b17-12+,23-18-,27-16?,30-24+;. The molecule has 0 fully saturated rings. The molecule has 0 spiro atoms. The molecule has 0 saturated heterocycles. The first-order chi connectivity index (χ1) is 18.1. The van der Waals surface area contributed by atoms with Crippen LogP contribution in [0.3, 0.4) is 0 Å². The highest BCUT2D eigenvalue weighted by Gasteiger charge is 2.15. The van der Waals surface area contributed by atoms with Crippen LogP contribution >= 0.6 is 24.5 Å². The van der Waals surface area contributed by atoms with Crippen molar-refractivity contribution in [1.82, 2.24) is 10.0 Å². The van der Waals surface area contributed by atoms with E-state index in [1.807, 2.05) is 46.5 Å². The number of rotatable bonds is 12. The number of hydrogen-bond acceptors (Lipinski definition) is 7. The molecule has 1 atom stereocenters. The average Bonchev–Trinajstić information content (AvgIpc) is 2.89. The molecule has 0 radical (unpaired) electrons. The molecule has 38 heavy (non-hydrogen) atoms. The number of aliphatic imine (C=N–C) groups is 2. The zero-order chi connectivity index (χ0) is 28.7. The maximum absolute atomic E-state index is 12.6. The Balaban J connectivity index is 0.00000352. The monoisotopic (exact) mass is 624 g/mol. The van der Waals surface area contributed by atoms with Gasteiger partial charge in [-0.2, -0.15) is 0 Å². The number of phenolic OH excluding ortho intramolecular Hbond substituents is 2. The molecule has 2 aromatic rings. The Morgan fingerprint density at radius 3 is 2.42 bits per heavy atom. The number of sulfonamides is 1. The predicted molar refractivity (Wildman–Crippen MR) is 166 cm³/mol. The van der Waals surface area contributed by atoms with Crippen LogP contribution in [0, 0.1) is 0 Å². The second kappa shape index (κ2) is 17.1. The van der Waals surface area contributed by atoms with Gasteiger partial charge in [-0.05, 0) is 84.6 Å². The number of benzene rings is 2. The second-order valence-electron chi connectivity index (χ2n) is 7.81. The van der Waals surface area contributed by atoms with Crippen molar-refractivity contribution < 1.29 is 18.6 Å². The third-order valence-electron chi connectivity index (χ3n) is 4.95. The molecule has 208 valence electrons. The molecule has 1 unspecified atom stereocenters. The van der Waals surface area contributed by atoms with Crippen molar-refractivity contribution in [3.8, 4) is 11.5 Å². The van der Waals surface area contributed by atoms with Crippen LogP contribution in [0.25, 0.3) is 0 Å². The van der Waals surface area contributed by atoms with Crippen molar-refractivity contribution in [3.63, 3.8) is 0 Å². The fraction of sp³-hybridized carbons (Fsp3) is 0.333. The number of nitrogens with zero attached hydrogens (tertiary/aromatic N) is 2. The average molecular weight is 626 g/mol. The van der Waals surface area contributed by atoms with Crippen molar-refractivity contribution in [2.45, 2.75) is 39.0 Å². The molecule has 2 rings (SSSR count). The van der Waals surface area contributed by atoms with Gasteiger partial charge in [-0.1, -0.05) is 34.6 Å². The summed E-state index contributed by atoms with van der Waals surface area (Å²) in [4.78, 5) is 8.71. The number of nitrogens with one attached hydrogen (secondary N) is 2. The first kappa shape index (κ1) is 33.5. The van der Waals surface area contributed by atoms with Gasteiger partial charge in [0.15, 0.2) is 0 Å². The Bertz CT molecular complexity index is 1290. The van der Waals surface area contributed by atoms with E-state index in [4.69, 9.17) is 0 Å². The van der Waals surface area contributed by atoms with E-state index in [9.17, 15) is 18.6 Å². The molecule has 0 heterocycles. The molecule has 11 heteroatoms. The minimum Gasteiger partial charge on any atom is -0.508 e. The lowest BCUT2D eigenvalue weighted by molar-refractivity contribution is 0.473. The number of para-hydroxylation sites is 1. The summed E-state index contributed by atoms with van der Waals surface area (Å²) in [5.41, 5.74) is 2.64. The molecule has 2 aromatic carbocycles. The van der Waals surface area contributed by atoms with Crippen molar-refractivity contribution in [3.05, 3.63) is 70.0 Å². The van der Waals surface area contributed by atoms with Gasteiger partial charge < -0.3 is 15.5 Å². The number of halogens is 1. The minimum atomic E-state index is -3.72. The van der Waals surface area contributed by atoms with E-state index in [-0.39, 0.29) is 22.9 Å². The highest BCUT2D eigenvalue weighted by atomic mass is 79.9. The van der Waals surface area contributed by atoms with E-state index < -0.39 is 10.0 Å².